The highest BCUT2D eigenvalue weighted by Gasteiger charge is 2.14. The van der Waals surface area contributed by atoms with Crippen molar-refractivity contribution >= 4 is 17.2 Å². The molecule has 1 amide bonds. The van der Waals surface area contributed by atoms with Crippen molar-refractivity contribution in [3.8, 4) is 5.69 Å². The Balaban J connectivity index is 1.60. The second kappa shape index (κ2) is 7.28. The normalized spacial score (nSPS) is 12.2. The lowest BCUT2D eigenvalue weighted by Crippen LogP contribution is -2.15. The van der Waals surface area contributed by atoms with Gasteiger partial charge in [0.2, 0.25) is 0 Å². The van der Waals surface area contributed by atoms with Crippen molar-refractivity contribution in [3.63, 3.8) is 0 Å². The molecule has 4 aromatic rings. The Labute approximate surface area is 162 Å². The number of nitrogens with zero attached hydrogens (tertiary/aromatic N) is 4. The first-order valence-corrected chi connectivity index (χ1v) is 9.07. The van der Waals surface area contributed by atoms with Crippen LogP contribution in [0.25, 0.3) is 11.3 Å². The Kier molecular flexibility index (Phi) is 4.67. The molecule has 3 heterocycles. The van der Waals surface area contributed by atoms with Gasteiger partial charge in [-0.15, -0.1) is 0 Å². The van der Waals surface area contributed by atoms with Gasteiger partial charge >= 0.3 is 0 Å². The Morgan fingerprint density at radius 3 is 2.93 bits per heavy atom. The molecule has 0 aliphatic carbocycles. The number of fused-ring (bicyclic) bond motifs is 1. The van der Waals surface area contributed by atoms with Crippen molar-refractivity contribution in [2.45, 2.75) is 26.4 Å². The number of rotatable bonds is 5. The van der Waals surface area contributed by atoms with Crippen LogP contribution >= 0.6 is 0 Å². The molecule has 0 aliphatic heterocycles. The maximum atomic E-state index is 12.8. The van der Waals surface area contributed by atoms with Crippen molar-refractivity contribution < 1.29 is 9.90 Å². The third-order valence-electron chi connectivity index (χ3n) is 4.55. The lowest BCUT2D eigenvalue weighted by atomic mass is 10.1. The third kappa shape index (κ3) is 3.52. The van der Waals surface area contributed by atoms with Gasteiger partial charge in [-0.1, -0.05) is 12.1 Å². The minimum atomic E-state index is -0.420. The van der Waals surface area contributed by atoms with Crippen LogP contribution in [0.5, 0.6) is 0 Å². The van der Waals surface area contributed by atoms with Crippen molar-refractivity contribution in [2.75, 3.05) is 5.32 Å². The molecule has 0 saturated heterocycles. The lowest BCUT2D eigenvalue weighted by Gasteiger charge is -2.11. The van der Waals surface area contributed by atoms with Gasteiger partial charge in [-0.2, -0.15) is 5.10 Å². The van der Waals surface area contributed by atoms with Crippen LogP contribution in [0.4, 0.5) is 5.69 Å². The number of carbonyl (C=O) groups excluding carboxylic acids is 1. The highest BCUT2D eigenvalue weighted by molar-refractivity contribution is 6.04. The number of aliphatic hydroxyl groups excluding tert-OH is 1. The molecule has 1 atom stereocenters. The maximum Gasteiger partial charge on any atom is 0.274 e. The predicted octanol–water partition coefficient (Wildman–Crippen LogP) is 3.00. The van der Waals surface area contributed by atoms with Gasteiger partial charge in [0.1, 0.15) is 11.3 Å². The van der Waals surface area contributed by atoms with E-state index >= 15 is 0 Å². The standard InChI is InChI=1S/C21H21N5O2/c1-14-6-7-17(26-13-16(11-23-26)9-15(2)27)10-18(14)24-21(28)19-12-22-20-5-3-4-8-25(19)20/h3-8,10-13,15,27H,9H2,1-2H3,(H,24,28)/t15-/m0/s1. The number of carbonyl (C=O) groups is 1. The van der Waals surface area contributed by atoms with E-state index in [1.165, 1.54) is 0 Å². The van der Waals surface area contributed by atoms with E-state index in [0.717, 1.165) is 22.5 Å². The summed E-state index contributed by atoms with van der Waals surface area (Å²) in [5, 5.41) is 16.9. The Morgan fingerprint density at radius 1 is 1.25 bits per heavy atom. The second-order valence-corrected chi connectivity index (χ2v) is 6.87. The number of hydrogen-bond acceptors (Lipinski definition) is 4. The van der Waals surface area contributed by atoms with E-state index in [9.17, 15) is 9.90 Å². The molecule has 0 radical (unpaired) electrons. The molecule has 0 fully saturated rings. The van der Waals surface area contributed by atoms with E-state index in [4.69, 9.17) is 0 Å². The van der Waals surface area contributed by atoms with Crippen LogP contribution in [0, 0.1) is 6.92 Å². The molecular formula is C21H21N5O2. The number of nitrogens with one attached hydrogen (secondary N) is 1. The van der Waals surface area contributed by atoms with Gasteiger partial charge < -0.3 is 10.4 Å². The summed E-state index contributed by atoms with van der Waals surface area (Å²) in [5.74, 6) is -0.228. The summed E-state index contributed by atoms with van der Waals surface area (Å²) < 4.78 is 3.49. The zero-order valence-electron chi connectivity index (χ0n) is 15.7. The van der Waals surface area contributed by atoms with Crippen LogP contribution in [-0.4, -0.2) is 36.3 Å². The molecule has 0 bridgehead atoms. The van der Waals surface area contributed by atoms with Gasteiger partial charge in [0.25, 0.3) is 5.91 Å². The smallest absolute Gasteiger partial charge is 0.274 e. The van der Waals surface area contributed by atoms with Gasteiger partial charge in [-0.05, 0) is 49.2 Å². The van der Waals surface area contributed by atoms with Gasteiger partial charge in [-0.3, -0.25) is 9.20 Å². The first-order valence-electron chi connectivity index (χ1n) is 9.07. The van der Waals surface area contributed by atoms with Crippen LogP contribution in [-0.2, 0) is 6.42 Å². The molecule has 0 aliphatic rings. The van der Waals surface area contributed by atoms with E-state index in [2.05, 4.69) is 15.4 Å². The van der Waals surface area contributed by atoms with Crippen LogP contribution in [0.15, 0.2) is 61.2 Å². The maximum absolute atomic E-state index is 12.8. The fraction of sp³-hybridized carbons (Fsp3) is 0.190. The topological polar surface area (TPSA) is 84.5 Å². The van der Waals surface area contributed by atoms with Gasteiger partial charge in [0.15, 0.2) is 0 Å². The fourth-order valence-electron chi connectivity index (χ4n) is 3.12. The molecule has 2 N–H and O–H groups in total. The van der Waals surface area contributed by atoms with Gasteiger partial charge in [0, 0.05) is 24.5 Å². The average molecular weight is 375 g/mol. The third-order valence-corrected chi connectivity index (χ3v) is 4.55. The Hall–Kier alpha value is -3.45. The number of imidazole rings is 1. The molecule has 7 heteroatoms. The number of hydrogen-bond donors (Lipinski definition) is 2. The van der Waals surface area contributed by atoms with Crippen LogP contribution in [0.3, 0.4) is 0 Å². The number of aromatic nitrogens is 4. The highest BCUT2D eigenvalue weighted by atomic mass is 16.3. The molecule has 28 heavy (non-hydrogen) atoms. The molecule has 0 unspecified atom stereocenters. The van der Waals surface area contributed by atoms with E-state index < -0.39 is 6.10 Å². The molecule has 3 aromatic heterocycles. The first-order chi connectivity index (χ1) is 13.5. The van der Waals surface area contributed by atoms with Gasteiger partial charge in [-0.25, -0.2) is 9.67 Å². The van der Waals surface area contributed by atoms with Crippen LogP contribution < -0.4 is 5.32 Å². The number of anilines is 1. The summed E-state index contributed by atoms with van der Waals surface area (Å²) in [7, 11) is 0. The molecule has 142 valence electrons. The number of pyridine rings is 1. The second-order valence-electron chi connectivity index (χ2n) is 6.87. The minimum Gasteiger partial charge on any atom is -0.393 e. The number of aryl methyl sites for hydroxylation is 1. The SMILES string of the molecule is Cc1ccc(-n2cc(C[C@H](C)O)cn2)cc1NC(=O)c1cnc2ccccn12. The summed E-state index contributed by atoms with van der Waals surface area (Å²) in [4.78, 5) is 17.1. The van der Waals surface area contributed by atoms with Crippen LogP contribution in [0.1, 0.15) is 28.5 Å². The summed E-state index contributed by atoms with van der Waals surface area (Å²) in [5.41, 5.74) is 4.63. The fourth-order valence-corrected chi connectivity index (χ4v) is 3.12. The summed E-state index contributed by atoms with van der Waals surface area (Å²) in [6.07, 6.45) is 7.13. The van der Waals surface area contributed by atoms with Crippen molar-refractivity contribution in [2.24, 2.45) is 0 Å². The molecule has 0 saturated carbocycles. The molecule has 1 aromatic carbocycles. The average Bonchev–Trinajstić information content (AvgIpc) is 3.30. The van der Waals surface area contributed by atoms with Crippen molar-refractivity contribution in [1.82, 2.24) is 19.2 Å². The van der Waals surface area contributed by atoms with E-state index in [0.29, 0.717) is 17.8 Å². The van der Waals surface area contributed by atoms with E-state index in [1.54, 1.807) is 28.4 Å². The molecular weight excluding hydrogens is 354 g/mol. The van der Waals surface area contributed by atoms with Crippen molar-refractivity contribution in [1.29, 1.82) is 0 Å². The largest absolute Gasteiger partial charge is 0.393 e. The summed E-state index contributed by atoms with van der Waals surface area (Å²) in [6.45, 7) is 3.69. The zero-order chi connectivity index (χ0) is 19.7. The van der Waals surface area contributed by atoms with Crippen LogP contribution in [0.2, 0.25) is 0 Å². The van der Waals surface area contributed by atoms with Gasteiger partial charge in [0.05, 0.1) is 24.2 Å². The Morgan fingerprint density at radius 2 is 2.11 bits per heavy atom. The zero-order valence-corrected chi connectivity index (χ0v) is 15.7. The molecule has 0 spiro atoms. The minimum absolute atomic E-state index is 0.228. The number of amides is 1. The van der Waals surface area contributed by atoms with E-state index in [1.807, 2.05) is 55.7 Å². The lowest BCUT2D eigenvalue weighted by molar-refractivity contribution is 0.102. The molecule has 4 rings (SSSR count). The molecule has 7 nitrogen and oxygen atoms in total. The van der Waals surface area contributed by atoms with Crippen molar-refractivity contribution in [3.05, 3.63) is 78.0 Å². The highest BCUT2D eigenvalue weighted by Crippen LogP contribution is 2.21. The first kappa shape index (κ1) is 17.9. The van der Waals surface area contributed by atoms with E-state index in [-0.39, 0.29) is 5.91 Å². The quantitative estimate of drug-likeness (QED) is 0.562. The number of aliphatic hydroxyl groups is 1. The summed E-state index contributed by atoms with van der Waals surface area (Å²) >= 11 is 0. The number of benzene rings is 1. The Bertz CT molecular complexity index is 1140. The monoisotopic (exact) mass is 375 g/mol. The predicted molar refractivity (Wildman–Crippen MR) is 107 cm³/mol. The summed E-state index contributed by atoms with van der Waals surface area (Å²) in [6, 6.07) is 11.4.